The van der Waals surface area contributed by atoms with Gasteiger partial charge in [0.05, 0.1) is 5.60 Å². The lowest BCUT2D eigenvalue weighted by Gasteiger charge is -2.13. The third-order valence-corrected chi connectivity index (χ3v) is 1.23. The highest BCUT2D eigenvalue weighted by Crippen LogP contribution is 2.21. The minimum Gasteiger partial charge on any atom is -0.375 e. The molecule has 1 radical (unpaired) electrons. The van der Waals surface area contributed by atoms with Gasteiger partial charge in [0.1, 0.15) is 0 Å². The van der Waals surface area contributed by atoms with E-state index in [0.29, 0.717) is 0 Å². The largest absolute Gasteiger partial charge is 0.375 e. The van der Waals surface area contributed by atoms with Crippen molar-refractivity contribution in [1.82, 2.24) is 0 Å². The van der Waals surface area contributed by atoms with Crippen molar-refractivity contribution in [3.63, 3.8) is 0 Å². The average molecular weight is 99.2 g/mol. The van der Waals surface area contributed by atoms with E-state index < -0.39 is 0 Å². The Balaban J connectivity index is 2.40. The molecule has 1 fully saturated rings. The van der Waals surface area contributed by atoms with Crippen LogP contribution in [0.25, 0.3) is 0 Å². The van der Waals surface area contributed by atoms with Gasteiger partial charge in [0.15, 0.2) is 0 Å². The van der Waals surface area contributed by atoms with Crippen molar-refractivity contribution in [2.45, 2.75) is 25.9 Å². The molecule has 0 atom stereocenters. The first-order valence-corrected chi connectivity index (χ1v) is 2.69. The molecule has 1 rings (SSSR count). The molecule has 0 bridgehead atoms. The molecule has 1 nitrogen and oxygen atoms in total. The summed E-state index contributed by atoms with van der Waals surface area (Å²) in [6.45, 7) is 5.08. The molecule has 1 heterocycles. The van der Waals surface area contributed by atoms with Crippen molar-refractivity contribution in [2.24, 2.45) is 0 Å². The topological polar surface area (TPSA) is 9.23 Å². The minimum atomic E-state index is 0.0694. The smallest absolute Gasteiger partial charge is 0.0659 e. The fourth-order valence-electron chi connectivity index (χ4n) is 0.787. The summed E-state index contributed by atoms with van der Waals surface area (Å²) in [5.41, 5.74) is 0.0694. The molecule has 7 heavy (non-hydrogen) atoms. The van der Waals surface area contributed by atoms with Crippen LogP contribution in [0, 0.1) is 6.42 Å². The van der Waals surface area contributed by atoms with E-state index in [-0.39, 0.29) is 5.60 Å². The van der Waals surface area contributed by atoms with Gasteiger partial charge in [-0.3, -0.25) is 0 Å². The van der Waals surface area contributed by atoms with Crippen LogP contribution in [0.5, 0.6) is 0 Å². The second-order valence-electron chi connectivity index (χ2n) is 2.44. The molecule has 0 aromatic heterocycles. The Morgan fingerprint density at radius 3 is 2.43 bits per heavy atom. The fourth-order valence-corrected chi connectivity index (χ4v) is 0.787. The molecule has 1 heteroatoms. The summed E-state index contributed by atoms with van der Waals surface area (Å²) >= 11 is 0. The maximum absolute atomic E-state index is 5.28. The number of hydrogen-bond donors (Lipinski definition) is 0. The van der Waals surface area contributed by atoms with Crippen LogP contribution in [0.15, 0.2) is 0 Å². The zero-order chi connectivity index (χ0) is 5.33. The molecule has 1 aliphatic rings. The maximum atomic E-state index is 5.28. The summed E-state index contributed by atoms with van der Waals surface area (Å²) in [5.74, 6) is 0. The lowest BCUT2D eigenvalue weighted by atomic mass is 10.1. The van der Waals surface area contributed by atoms with E-state index in [9.17, 15) is 0 Å². The standard InChI is InChI=1S/C6H11O/c1-6(2)4-3-5-7-6/h4H,3,5H2,1-2H3. The lowest BCUT2D eigenvalue weighted by Crippen LogP contribution is -2.16. The van der Waals surface area contributed by atoms with Crippen LogP contribution in [0.4, 0.5) is 0 Å². The first-order chi connectivity index (χ1) is 3.21. The van der Waals surface area contributed by atoms with E-state index in [0.717, 1.165) is 13.0 Å². The third-order valence-electron chi connectivity index (χ3n) is 1.23. The Hall–Kier alpha value is -0.0400. The van der Waals surface area contributed by atoms with Gasteiger partial charge in [0.2, 0.25) is 0 Å². The van der Waals surface area contributed by atoms with Gasteiger partial charge in [-0.1, -0.05) is 0 Å². The van der Waals surface area contributed by atoms with Crippen LogP contribution in [0.3, 0.4) is 0 Å². The molecule has 0 aromatic rings. The van der Waals surface area contributed by atoms with Crippen LogP contribution < -0.4 is 0 Å². The Morgan fingerprint density at radius 1 is 1.57 bits per heavy atom. The minimum absolute atomic E-state index is 0.0694. The van der Waals surface area contributed by atoms with Crippen molar-refractivity contribution >= 4 is 0 Å². The molecule has 0 saturated carbocycles. The molecule has 0 amide bonds. The van der Waals surface area contributed by atoms with E-state index in [1.165, 1.54) is 0 Å². The van der Waals surface area contributed by atoms with Crippen molar-refractivity contribution in [3.05, 3.63) is 6.42 Å². The Labute approximate surface area is 44.7 Å². The number of rotatable bonds is 0. The van der Waals surface area contributed by atoms with E-state index in [2.05, 4.69) is 20.3 Å². The van der Waals surface area contributed by atoms with Gasteiger partial charge in [-0.2, -0.15) is 0 Å². The molecule has 0 unspecified atom stereocenters. The van der Waals surface area contributed by atoms with Crippen molar-refractivity contribution in [1.29, 1.82) is 0 Å². The maximum Gasteiger partial charge on any atom is 0.0659 e. The number of hydrogen-bond acceptors (Lipinski definition) is 1. The molecule has 41 valence electrons. The molecule has 0 aromatic carbocycles. The SMILES string of the molecule is CC1(C)[CH]CCO1. The van der Waals surface area contributed by atoms with E-state index in [4.69, 9.17) is 4.74 Å². The van der Waals surface area contributed by atoms with Crippen LogP contribution in [-0.4, -0.2) is 12.2 Å². The monoisotopic (exact) mass is 99.1 g/mol. The van der Waals surface area contributed by atoms with Crippen LogP contribution in [-0.2, 0) is 4.74 Å². The molecule has 1 aliphatic heterocycles. The first-order valence-electron chi connectivity index (χ1n) is 2.69. The molecule has 0 N–H and O–H groups in total. The second-order valence-corrected chi connectivity index (χ2v) is 2.44. The molecule has 0 spiro atoms. The molecule has 1 saturated heterocycles. The van der Waals surface area contributed by atoms with Gasteiger partial charge >= 0.3 is 0 Å². The summed E-state index contributed by atoms with van der Waals surface area (Å²) in [7, 11) is 0. The average Bonchev–Trinajstić information content (AvgIpc) is 1.84. The molecular formula is C6H11O. The summed E-state index contributed by atoms with van der Waals surface area (Å²) < 4.78 is 5.28. The predicted molar refractivity (Wildman–Crippen MR) is 28.9 cm³/mol. The molecular weight excluding hydrogens is 88.1 g/mol. The Morgan fingerprint density at radius 2 is 2.29 bits per heavy atom. The van der Waals surface area contributed by atoms with Crippen LogP contribution in [0.1, 0.15) is 20.3 Å². The van der Waals surface area contributed by atoms with Crippen LogP contribution in [0.2, 0.25) is 0 Å². The van der Waals surface area contributed by atoms with E-state index in [1.807, 2.05) is 0 Å². The quantitative estimate of drug-likeness (QED) is 0.446. The summed E-state index contributed by atoms with van der Waals surface area (Å²) in [6.07, 6.45) is 3.32. The first kappa shape index (κ1) is 5.10. The van der Waals surface area contributed by atoms with Crippen molar-refractivity contribution in [2.75, 3.05) is 6.61 Å². The summed E-state index contributed by atoms with van der Waals surface area (Å²) in [6, 6.07) is 0. The third kappa shape index (κ3) is 1.16. The van der Waals surface area contributed by atoms with Gasteiger partial charge in [-0.25, -0.2) is 0 Å². The summed E-state index contributed by atoms with van der Waals surface area (Å²) in [5, 5.41) is 0. The highest BCUT2D eigenvalue weighted by atomic mass is 16.5. The highest BCUT2D eigenvalue weighted by Gasteiger charge is 2.23. The van der Waals surface area contributed by atoms with Gasteiger partial charge in [0.25, 0.3) is 0 Å². The highest BCUT2D eigenvalue weighted by molar-refractivity contribution is 4.90. The molecule has 0 aliphatic carbocycles. The summed E-state index contributed by atoms with van der Waals surface area (Å²) in [4.78, 5) is 0. The van der Waals surface area contributed by atoms with E-state index >= 15 is 0 Å². The van der Waals surface area contributed by atoms with Gasteiger partial charge in [-0.15, -0.1) is 0 Å². The normalized spacial score (nSPS) is 28.3. The fraction of sp³-hybridized carbons (Fsp3) is 0.833. The zero-order valence-electron chi connectivity index (χ0n) is 4.90. The second kappa shape index (κ2) is 1.48. The van der Waals surface area contributed by atoms with E-state index in [1.54, 1.807) is 0 Å². The van der Waals surface area contributed by atoms with Gasteiger partial charge in [0, 0.05) is 6.61 Å². The Kier molecular flexibility index (Phi) is 1.08. The predicted octanol–water partition coefficient (Wildman–Crippen LogP) is 1.39. The van der Waals surface area contributed by atoms with Gasteiger partial charge in [-0.05, 0) is 26.7 Å². The van der Waals surface area contributed by atoms with Gasteiger partial charge < -0.3 is 4.74 Å². The number of ether oxygens (including phenoxy) is 1. The lowest BCUT2D eigenvalue weighted by molar-refractivity contribution is 0.0535. The van der Waals surface area contributed by atoms with Crippen molar-refractivity contribution in [3.8, 4) is 0 Å². The zero-order valence-corrected chi connectivity index (χ0v) is 4.90. The van der Waals surface area contributed by atoms with Crippen molar-refractivity contribution < 1.29 is 4.74 Å². The van der Waals surface area contributed by atoms with Crippen LogP contribution >= 0.6 is 0 Å². The Bertz CT molecular complexity index is 58.6.